The van der Waals surface area contributed by atoms with Crippen LogP contribution < -0.4 is 0 Å². The summed E-state index contributed by atoms with van der Waals surface area (Å²) in [5.41, 5.74) is 1.98. The quantitative estimate of drug-likeness (QED) is 0.455. The number of carbonyl (C=O) groups excluding carboxylic acids is 1. The fourth-order valence-electron chi connectivity index (χ4n) is 3.41. The van der Waals surface area contributed by atoms with Crippen molar-refractivity contribution in [3.63, 3.8) is 0 Å². The number of benzene rings is 2. The predicted molar refractivity (Wildman–Crippen MR) is 97.7 cm³/mol. The topological polar surface area (TPSA) is 26.3 Å². The molecule has 1 aliphatic rings. The Morgan fingerprint density at radius 2 is 1.71 bits per heavy atom. The van der Waals surface area contributed by atoms with Crippen molar-refractivity contribution in [3.05, 3.63) is 72.1 Å². The molecule has 0 bridgehead atoms. The van der Waals surface area contributed by atoms with Crippen LogP contribution in [-0.4, -0.2) is 12.1 Å². The van der Waals surface area contributed by atoms with Crippen molar-refractivity contribution >= 4 is 5.97 Å². The van der Waals surface area contributed by atoms with Gasteiger partial charge in [0.1, 0.15) is 6.61 Å². The SMILES string of the molecule is CC1(C)[C@H](C(=O)OCc2cccc(-c3ccccc3)c2)[C@@H]1C=C(F)C(F)(F)F. The highest BCUT2D eigenvalue weighted by Crippen LogP contribution is 2.60. The minimum absolute atomic E-state index is 0.00424. The second-order valence-electron chi connectivity index (χ2n) is 7.51. The Morgan fingerprint density at radius 3 is 2.36 bits per heavy atom. The van der Waals surface area contributed by atoms with Crippen LogP contribution in [0.25, 0.3) is 11.1 Å². The molecule has 3 rings (SSSR count). The van der Waals surface area contributed by atoms with Gasteiger partial charge < -0.3 is 4.74 Å². The molecule has 0 aromatic heterocycles. The first-order valence-electron chi connectivity index (χ1n) is 8.86. The summed E-state index contributed by atoms with van der Waals surface area (Å²) in [6.07, 6.45) is -4.55. The second-order valence-corrected chi connectivity index (χ2v) is 7.51. The number of allylic oxidation sites excluding steroid dienone is 2. The van der Waals surface area contributed by atoms with E-state index in [1.54, 1.807) is 19.9 Å². The number of rotatable bonds is 5. The molecule has 0 amide bonds. The summed E-state index contributed by atoms with van der Waals surface area (Å²) in [5, 5.41) is 0. The Hall–Kier alpha value is -2.63. The van der Waals surface area contributed by atoms with E-state index in [1.807, 2.05) is 48.5 Å². The van der Waals surface area contributed by atoms with Gasteiger partial charge >= 0.3 is 12.1 Å². The third-order valence-corrected chi connectivity index (χ3v) is 5.18. The lowest BCUT2D eigenvalue weighted by atomic mass is 10.0. The van der Waals surface area contributed by atoms with Crippen molar-refractivity contribution in [3.8, 4) is 11.1 Å². The maximum Gasteiger partial charge on any atom is 0.442 e. The largest absolute Gasteiger partial charge is 0.461 e. The summed E-state index contributed by atoms with van der Waals surface area (Å²) < 4.78 is 55.7. The number of hydrogen-bond donors (Lipinski definition) is 0. The van der Waals surface area contributed by atoms with Gasteiger partial charge in [0.15, 0.2) is 5.83 Å². The smallest absolute Gasteiger partial charge is 0.442 e. The van der Waals surface area contributed by atoms with Crippen LogP contribution in [0.4, 0.5) is 17.6 Å². The predicted octanol–water partition coefficient (Wildman–Crippen LogP) is 6.08. The molecule has 28 heavy (non-hydrogen) atoms. The monoisotopic (exact) mass is 392 g/mol. The van der Waals surface area contributed by atoms with Gasteiger partial charge in [-0.25, -0.2) is 4.39 Å². The standard InChI is InChI=1S/C22H20F4O2/c1-21(2)17(12-18(23)22(24,25)26)19(21)20(27)28-13-14-7-6-10-16(11-14)15-8-4-3-5-9-15/h3-12,17,19H,13H2,1-2H3/t17-,19-/m0/s1. The van der Waals surface area contributed by atoms with Crippen molar-refractivity contribution in [2.24, 2.45) is 17.3 Å². The molecule has 0 N–H and O–H groups in total. The van der Waals surface area contributed by atoms with Crippen LogP contribution in [0.15, 0.2) is 66.5 Å². The van der Waals surface area contributed by atoms with Gasteiger partial charge in [-0.3, -0.25) is 4.79 Å². The van der Waals surface area contributed by atoms with E-state index in [-0.39, 0.29) is 6.61 Å². The Balaban J connectivity index is 1.65. The summed E-state index contributed by atoms with van der Waals surface area (Å²) >= 11 is 0. The Kier molecular flexibility index (Phi) is 5.33. The van der Waals surface area contributed by atoms with E-state index < -0.39 is 35.2 Å². The van der Waals surface area contributed by atoms with Gasteiger partial charge in [0.2, 0.25) is 0 Å². The van der Waals surface area contributed by atoms with Gasteiger partial charge in [-0.2, -0.15) is 13.2 Å². The zero-order chi connectivity index (χ0) is 20.5. The van der Waals surface area contributed by atoms with Crippen LogP contribution in [-0.2, 0) is 16.1 Å². The molecule has 1 fully saturated rings. The number of alkyl halides is 3. The highest BCUT2D eigenvalue weighted by Gasteiger charge is 2.62. The molecule has 6 heteroatoms. The number of hydrogen-bond acceptors (Lipinski definition) is 2. The summed E-state index contributed by atoms with van der Waals surface area (Å²) in [7, 11) is 0. The summed E-state index contributed by atoms with van der Waals surface area (Å²) in [6, 6.07) is 17.2. The first-order valence-corrected chi connectivity index (χ1v) is 8.86. The van der Waals surface area contributed by atoms with Crippen LogP contribution >= 0.6 is 0 Å². The average Bonchev–Trinajstić information content (AvgIpc) is 3.20. The molecule has 1 saturated carbocycles. The third kappa shape index (κ3) is 4.26. The summed E-state index contributed by atoms with van der Waals surface area (Å²) in [4.78, 5) is 12.3. The van der Waals surface area contributed by atoms with Crippen molar-refractivity contribution in [2.75, 3.05) is 0 Å². The molecule has 2 aromatic rings. The van der Waals surface area contributed by atoms with Crippen molar-refractivity contribution < 1.29 is 27.1 Å². The van der Waals surface area contributed by atoms with E-state index in [4.69, 9.17) is 4.74 Å². The van der Waals surface area contributed by atoms with Gasteiger partial charge in [0, 0.05) is 0 Å². The Labute approximate surface area is 160 Å². The molecule has 2 atom stereocenters. The fraction of sp³-hybridized carbons (Fsp3) is 0.318. The summed E-state index contributed by atoms with van der Waals surface area (Å²) in [5.74, 6) is -4.42. The molecule has 0 spiro atoms. The molecule has 2 nitrogen and oxygen atoms in total. The van der Waals surface area contributed by atoms with Gasteiger partial charge in [0.25, 0.3) is 0 Å². The lowest BCUT2D eigenvalue weighted by Crippen LogP contribution is -2.11. The fourth-order valence-corrected chi connectivity index (χ4v) is 3.41. The molecule has 0 unspecified atom stereocenters. The van der Waals surface area contributed by atoms with Crippen LogP contribution in [0, 0.1) is 17.3 Å². The zero-order valence-corrected chi connectivity index (χ0v) is 15.5. The molecule has 1 aliphatic carbocycles. The van der Waals surface area contributed by atoms with Crippen LogP contribution in [0.1, 0.15) is 19.4 Å². The van der Waals surface area contributed by atoms with Crippen LogP contribution in [0.5, 0.6) is 0 Å². The molecule has 148 valence electrons. The zero-order valence-electron chi connectivity index (χ0n) is 15.5. The normalized spacial score (nSPS) is 21.3. The van der Waals surface area contributed by atoms with E-state index in [1.165, 1.54) is 0 Å². The van der Waals surface area contributed by atoms with Crippen molar-refractivity contribution in [2.45, 2.75) is 26.6 Å². The van der Waals surface area contributed by atoms with Crippen LogP contribution in [0.2, 0.25) is 0 Å². The Bertz CT molecular complexity index is 885. The second kappa shape index (κ2) is 7.41. The van der Waals surface area contributed by atoms with E-state index in [0.717, 1.165) is 16.7 Å². The summed E-state index contributed by atoms with van der Waals surface area (Å²) in [6.45, 7) is 3.25. The molecular formula is C22H20F4O2. The Morgan fingerprint density at radius 1 is 1.07 bits per heavy atom. The molecular weight excluding hydrogens is 372 g/mol. The maximum atomic E-state index is 13.2. The highest BCUT2D eigenvalue weighted by atomic mass is 19.4. The first kappa shape index (κ1) is 20.1. The van der Waals surface area contributed by atoms with Gasteiger partial charge in [-0.15, -0.1) is 0 Å². The molecule has 0 aliphatic heterocycles. The molecule has 0 radical (unpaired) electrons. The lowest BCUT2D eigenvalue weighted by Gasteiger charge is -2.08. The van der Waals surface area contributed by atoms with Crippen LogP contribution in [0.3, 0.4) is 0 Å². The van der Waals surface area contributed by atoms with Gasteiger partial charge in [0.05, 0.1) is 5.92 Å². The number of ether oxygens (including phenoxy) is 1. The van der Waals surface area contributed by atoms with E-state index >= 15 is 0 Å². The average molecular weight is 392 g/mol. The minimum atomic E-state index is -5.04. The number of halogens is 4. The van der Waals surface area contributed by atoms with E-state index in [9.17, 15) is 22.4 Å². The van der Waals surface area contributed by atoms with E-state index in [0.29, 0.717) is 6.08 Å². The number of esters is 1. The van der Waals surface area contributed by atoms with Crippen molar-refractivity contribution in [1.29, 1.82) is 0 Å². The first-order chi connectivity index (χ1) is 13.1. The number of carbonyl (C=O) groups is 1. The van der Waals surface area contributed by atoms with Gasteiger partial charge in [-0.1, -0.05) is 62.4 Å². The molecule has 0 saturated heterocycles. The minimum Gasteiger partial charge on any atom is -0.461 e. The maximum absolute atomic E-state index is 13.2. The third-order valence-electron chi connectivity index (χ3n) is 5.18. The lowest BCUT2D eigenvalue weighted by molar-refractivity contribution is -0.147. The van der Waals surface area contributed by atoms with E-state index in [2.05, 4.69) is 0 Å². The molecule has 0 heterocycles. The molecule has 2 aromatic carbocycles. The van der Waals surface area contributed by atoms with Crippen molar-refractivity contribution in [1.82, 2.24) is 0 Å². The highest BCUT2D eigenvalue weighted by molar-refractivity contribution is 5.78. The van der Waals surface area contributed by atoms with Gasteiger partial charge in [-0.05, 0) is 40.2 Å².